The van der Waals surface area contributed by atoms with Gasteiger partial charge in [0.25, 0.3) is 0 Å². The van der Waals surface area contributed by atoms with E-state index in [2.05, 4.69) is 0 Å². The summed E-state index contributed by atoms with van der Waals surface area (Å²) in [5.74, 6) is -0.729. The molecule has 0 heterocycles. The van der Waals surface area contributed by atoms with Gasteiger partial charge in [0, 0.05) is 5.69 Å². The molecule has 0 bridgehead atoms. The Morgan fingerprint density at radius 1 is 1.44 bits per heavy atom. The Morgan fingerprint density at radius 2 is 2.06 bits per heavy atom. The number of aliphatic hydroxyl groups excluding tert-OH is 1. The third-order valence-electron chi connectivity index (χ3n) is 2.59. The number of benzene rings is 1. The molecule has 5 heteroatoms. The van der Waals surface area contributed by atoms with Gasteiger partial charge in [0.1, 0.15) is 0 Å². The second kappa shape index (κ2) is 6.76. The quantitative estimate of drug-likeness (QED) is 0.604. The topological polar surface area (TPSA) is 66.8 Å². The number of hydrogen-bond donors (Lipinski definition) is 1. The Morgan fingerprint density at radius 3 is 2.56 bits per heavy atom. The Bertz CT molecular complexity index is 393. The lowest BCUT2D eigenvalue weighted by molar-refractivity contribution is -0.153. The van der Waals surface area contributed by atoms with Crippen molar-refractivity contribution >= 4 is 18.1 Å². The van der Waals surface area contributed by atoms with Crippen molar-refractivity contribution in [2.24, 2.45) is 0 Å². The molecule has 1 aromatic rings. The second-order valence-corrected chi connectivity index (χ2v) is 3.79. The van der Waals surface area contributed by atoms with Crippen LogP contribution in [0.2, 0.25) is 0 Å². The van der Waals surface area contributed by atoms with Crippen LogP contribution in [-0.4, -0.2) is 36.2 Å². The lowest BCUT2D eigenvalue weighted by Gasteiger charge is -2.27. The summed E-state index contributed by atoms with van der Waals surface area (Å²) in [7, 11) is 0. The maximum Gasteiger partial charge on any atom is 0.337 e. The lowest BCUT2D eigenvalue weighted by atomic mass is 10.1. The van der Waals surface area contributed by atoms with Crippen LogP contribution in [0.1, 0.15) is 13.8 Å². The number of para-hydroxylation sites is 1. The molecule has 1 rings (SSSR count). The summed E-state index contributed by atoms with van der Waals surface area (Å²) in [6, 6.07) is 8.12. The number of carbonyl (C=O) groups is 2. The third-order valence-corrected chi connectivity index (χ3v) is 2.59. The monoisotopic (exact) mass is 251 g/mol. The zero-order valence-electron chi connectivity index (χ0n) is 10.4. The molecule has 0 aliphatic rings. The molecule has 2 atom stereocenters. The average molecular weight is 251 g/mol. The average Bonchev–Trinajstić information content (AvgIpc) is 2.40. The summed E-state index contributed by atoms with van der Waals surface area (Å²) < 4.78 is 4.72. The number of nitrogens with zero attached hydrogens (tertiary/aromatic N) is 1. The van der Waals surface area contributed by atoms with Gasteiger partial charge in [0.05, 0.1) is 12.6 Å². The summed E-state index contributed by atoms with van der Waals surface area (Å²) in [4.78, 5) is 23.8. The van der Waals surface area contributed by atoms with Gasteiger partial charge in [-0.3, -0.25) is 4.79 Å². The van der Waals surface area contributed by atoms with Crippen molar-refractivity contribution in [1.82, 2.24) is 0 Å². The van der Waals surface area contributed by atoms with E-state index in [0.717, 1.165) is 0 Å². The predicted octanol–water partition coefficient (Wildman–Crippen LogP) is 0.962. The Labute approximate surface area is 106 Å². The largest absolute Gasteiger partial charge is 0.464 e. The van der Waals surface area contributed by atoms with Gasteiger partial charge in [-0.25, -0.2) is 4.79 Å². The van der Waals surface area contributed by atoms with Crippen molar-refractivity contribution in [3.63, 3.8) is 0 Å². The van der Waals surface area contributed by atoms with Crippen LogP contribution in [-0.2, 0) is 14.3 Å². The molecule has 5 nitrogen and oxygen atoms in total. The number of rotatable bonds is 6. The molecule has 0 saturated carbocycles. The van der Waals surface area contributed by atoms with E-state index in [1.54, 1.807) is 38.1 Å². The number of carbonyl (C=O) groups excluding carboxylic acids is 2. The number of hydrogen-bond acceptors (Lipinski definition) is 4. The highest BCUT2D eigenvalue weighted by Gasteiger charge is 2.28. The van der Waals surface area contributed by atoms with Gasteiger partial charge < -0.3 is 14.7 Å². The molecule has 0 aliphatic carbocycles. The smallest absolute Gasteiger partial charge is 0.337 e. The molecule has 0 fully saturated rings. The molecular formula is C13H17NO4. The van der Waals surface area contributed by atoms with Gasteiger partial charge in [-0.2, -0.15) is 0 Å². The van der Waals surface area contributed by atoms with Crippen molar-refractivity contribution in [2.45, 2.75) is 26.0 Å². The van der Waals surface area contributed by atoms with E-state index in [1.807, 2.05) is 6.07 Å². The highest BCUT2D eigenvalue weighted by molar-refractivity contribution is 5.81. The standard InChI is InChI=1S/C13H17NO4/c1-3-18-13(17)12(16)10(2)14(9-15)11-7-5-4-6-8-11/h4-10,12,16H,3H2,1-2H3. The first-order valence-corrected chi connectivity index (χ1v) is 5.75. The van der Waals surface area contributed by atoms with Crippen LogP contribution in [0.4, 0.5) is 5.69 Å². The highest BCUT2D eigenvalue weighted by Crippen LogP contribution is 2.16. The van der Waals surface area contributed by atoms with Crippen LogP contribution in [0.25, 0.3) is 0 Å². The summed E-state index contributed by atoms with van der Waals surface area (Å²) >= 11 is 0. The third kappa shape index (κ3) is 3.30. The van der Waals surface area contributed by atoms with Crippen molar-refractivity contribution in [3.05, 3.63) is 30.3 Å². The van der Waals surface area contributed by atoms with Crippen LogP contribution in [0.3, 0.4) is 0 Å². The van der Waals surface area contributed by atoms with Gasteiger partial charge in [-0.15, -0.1) is 0 Å². The minimum absolute atomic E-state index is 0.190. The molecule has 98 valence electrons. The second-order valence-electron chi connectivity index (χ2n) is 3.79. The zero-order valence-corrected chi connectivity index (χ0v) is 10.4. The Hall–Kier alpha value is -1.88. The number of aliphatic hydroxyl groups is 1. The van der Waals surface area contributed by atoms with Crippen molar-refractivity contribution in [1.29, 1.82) is 0 Å². The molecule has 1 amide bonds. The zero-order chi connectivity index (χ0) is 13.5. The number of esters is 1. The summed E-state index contributed by atoms with van der Waals surface area (Å²) in [5, 5.41) is 9.81. The first kappa shape index (κ1) is 14.2. The minimum Gasteiger partial charge on any atom is -0.464 e. The molecule has 1 aromatic carbocycles. The fourth-order valence-electron chi connectivity index (χ4n) is 1.57. The van der Waals surface area contributed by atoms with E-state index < -0.39 is 18.1 Å². The molecule has 1 N–H and O–H groups in total. The number of ether oxygens (including phenoxy) is 1. The van der Waals surface area contributed by atoms with Crippen LogP contribution >= 0.6 is 0 Å². The van der Waals surface area contributed by atoms with Crippen LogP contribution in [0.5, 0.6) is 0 Å². The highest BCUT2D eigenvalue weighted by atomic mass is 16.5. The Kier molecular flexibility index (Phi) is 5.32. The molecule has 18 heavy (non-hydrogen) atoms. The first-order valence-electron chi connectivity index (χ1n) is 5.75. The molecular weight excluding hydrogens is 234 g/mol. The molecule has 0 aromatic heterocycles. The number of anilines is 1. The van der Waals surface area contributed by atoms with E-state index >= 15 is 0 Å². The van der Waals surface area contributed by atoms with Crippen LogP contribution in [0.15, 0.2) is 30.3 Å². The molecule has 0 saturated heterocycles. The Balaban J connectivity index is 2.83. The van der Waals surface area contributed by atoms with Gasteiger partial charge in [0.2, 0.25) is 6.41 Å². The fraction of sp³-hybridized carbons (Fsp3) is 0.385. The lowest BCUT2D eigenvalue weighted by Crippen LogP contribution is -2.45. The first-order chi connectivity index (χ1) is 8.61. The summed E-state index contributed by atoms with van der Waals surface area (Å²) in [6.45, 7) is 3.43. The molecule has 2 unspecified atom stereocenters. The maximum absolute atomic E-state index is 11.4. The predicted molar refractivity (Wildman–Crippen MR) is 67.1 cm³/mol. The minimum atomic E-state index is -1.37. The van der Waals surface area contributed by atoms with Gasteiger partial charge in [-0.05, 0) is 26.0 Å². The van der Waals surface area contributed by atoms with Gasteiger partial charge >= 0.3 is 5.97 Å². The molecule has 0 aliphatic heterocycles. The van der Waals surface area contributed by atoms with Crippen molar-refractivity contribution in [3.8, 4) is 0 Å². The summed E-state index contributed by atoms with van der Waals surface area (Å²) in [6.07, 6.45) is -0.780. The van der Waals surface area contributed by atoms with Crippen LogP contribution in [0, 0.1) is 0 Å². The van der Waals surface area contributed by atoms with E-state index in [4.69, 9.17) is 4.74 Å². The molecule has 0 radical (unpaired) electrons. The van der Waals surface area contributed by atoms with E-state index in [9.17, 15) is 14.7 Å². The van der Waals surface area contributed by atoms with E-state index in [-0.39, 0.29) is 6.61 Å². The summed E-state index contributed by atoms with van der Waals surface area (Å²) in [5.41, 5.74) is 0.614. The van der Waals surface area contributed by atoms with E-state index in [1.165, 1.54) is 4.90 Å². The van der Waals surface area contributed by atoms with Crippen molar-refractivity contribution < 1.29 is 19.4 Å². The number of amides is 1. The maximum atomic E-state index is 11.4. The van der Waals surface area contributed by atoms with Gasteiger partial charge in [-0.1, -0.05) is 18.2 Å². The van der Waals surface area contributed by atoms with Crippen molar-refractivity contribution in [2.75, 3.05) is 11.5 Å². The SMILES string of the molecule is CCOC(=O)C(O)C(C)N(C=O)c1ccccc1. The van der Waals surface area contributed by atoms with Crippen LogP contribution < -0.4 is 4.90 Å². The van der Waals surface area contributed by atoms with E-state index in [0.29, 0.717) is 12.1 Å². The fourth-order valence-corrected chi connectivity index (χ4v) is 1.57. The normalized spacial score (nSPS) is 13.5. The molecule has 0 spiro atoms. The van der Waals surface area contributed by atoms with Gasteiger partial charge in [0.15, 0.2) is 6.10 Å².